The molecule has 100 valence electrons. The Bertz CT molecular complexity index is 622. The molecule has 0 amide bonds. The van der Waals surface area contributed by atoms with E-state index in [0.29, 0.717) is 41.7 Å². The molecule has 0 saturated heterocycles. The first kappa shape index (κ1) is 11.7. The SMILES string of the molecule is Cn1ncc(-c2ccc3c(c2O)OCCCO3)c1N. The third kappa shape index (κ3) is 1.85. The fourth-order valence-electron chi connectivity index (χ4n) is 2.09. The second-order valence-electron chi connectivity index (χ2n) is 4.41. The predicted octanol–water partition coefficient (Wildman–Crippen LogP) is 1.54. The number of nitrogens with zero attached hydrogens (tertiary/aromatic N) is 2. The molecule has 2 heterocycles. The van der Waals surface area contributed by atoms with Crippen molar-refractivity contribution in [3.8, 4) is 28.4 Å². The molecule has 6 nitrogen and oxygen atoms in total. The fraction of sp³-hybridized carbons (Fsp3) is 0.308. The summed E-state index contributed by atoms with van der Waals surface area (Å²) in [7, 11) is 1.75. The number of hydrogen-bond acceptors (Lipinski definition) is 5. The Kier molecular flexibility index (Phi) is 2.70. The number of aromatic hydroxyl groups is 1. The summed E-state index contributed by atoms with van der Waals surface area (Å²) in [4.78, 5) is 0. The molecule has 1 aliphatic rings. The minimum absolute atomic E-state index is 0.0408. The van der Waals surface area contributed by atoms with Gasteiger partial charge in [0, 0.05) is 24.6 Å². The van der Waals surface area contributed by atoms with Gasteiger partial charge in [-0.1, -0.05) is 0 Å². The van der Waals surface area contributed by atoms with Crippen LogP contribution in [0.1, 0.15) is 6.42 Å². The van der Waals surface area contributed by atoms with Crippen LogP contribution in [-0.4, -0.2) is 28.1 Å². The third-order valence-corrected chi connectivity index (χ3v) is 3.16. The number of rotatable bonds is 1. The third-order valence-electron chi connectivity index (χ3n) is 3.16. The Balaban J connectivity index is 2.13. The number of aromatic nitrogens is 2. The molecule has 3 N–H and O–H groups in total. The number of anilines is 1. The molecule has 0 aliphatic carbocycles. The van der Waals surface area contributed by atoms with Crippen LogP contribution in [0.25, 0.3) is 11.1 Å². The van der Waals surface area contributed by atoms with Crippen molar-refractivity contribution in [2.24, 2.45) is 7.05 Å². The maximum Gasteiger partial charge on any atom is 0.203 e. The first-order valence-corrected chi connectivity index (χ1v) is 6.08. The molecule has 1 aromatic carbocycles. The van der Waals surface area contributed by atoms with Gasteiger partial charge in [-0.15, -0.1) is 0 Å². The van der Waals surface area contributed by atoms with E-state index >= 15 is 0 Å². The zero-order valence-corrected chi connectivity index (χ0v) is 10.6. The van der Waals surface area contributed by atoms with Gasteiger partial charge in [0.2, 0.25) is 5.75 Å². The minimum Gasteiger partial charge on any atom is -0.504 e. The van der Waals surface area contributed by atoms with Gasteiger partial charge in [0.15, 0.2) is 11.5 Å². The van der Waals surface area contributed by atoms with Gasteiger partial charge in [0.05, 0.1) is 19.4 Å². The first-order valence-electron chi connectivity index (χ1n) is 6.08. The molecule has 0 unspecified atom stereocenters. The van der Waals surface area contributed by atoms with E-state index in [4.69, 9.17) is 15.2 Å². The van der Waals surface area contributed by atoms with E-state index in [0.717, 1.165) is 6.42 Å². The normalized spacial score (nSPS) is 14.2. The van der Waals surface area contributed by atoms with Crippen LogP contribution in [0.15, 0.2) is 18.3 Å². The number of benzene rings is 1. The average molecular weight is 261 g/mol. The lowest BCUT2D eigenvalue weighted by Crippen LogP contribution is -1.98. The number of phenols is 1. The smallest absolute Gasteiger partial charge is 0.203 e. The lowest BCUT2D eigenvalue weighted by atomic mass is 10.1. The molecule has 0 radical (unpaired) electrons. The van der Waals surface area contributed by atoms with E-state index in [1.165, 1.54) is 0 Å². The lowest BCUT2D eigenvalue weighted by molar-refractivity contribution is 0.291. The molecule has 0 spiro atoms. The molecular weight excluding hydrogens is 246 g/mol. The Morgan fingerprint density at radius 2 is 2.05 bits per heavy atom. The molecule has 1 aromatic heterocycles. The van der Waals surface area contributed by atoms with E-state index in [1.54, 1.807) is 30.1 Å². The maximum absolute atomic E-state index is 10.3. The van der Waals surface area contributed by atoms with Crippen LogP contribution in [-0.2, 0) is 7.05 Å². The monoisotopic (exact) mass is 261 g/mol. The van der Waals surface area contributed by atoms with Crippen LogP contribution in [0, 0.1) is 0 Å². The molecule has 0 saturated carbocycles. The highest BCUT2D eigenvalue weighted by atomic mass is 16.5. The van der Waals surface area contributed by atoms with E-state index in [9.17, 15) is 5.11 Å². The number of phenolic OH excluding ortho intramolecular Hbond substituents is 1. The van der Waals surface area contributed by atoms with Crippen molar-refractivity contribution in [1.29, 1.82) is 0 Å². The number of aryl methyl sites for hydroxylation is 1. The van der Waals surface area contributed by atoms with Crippen molar-refractivity contribution >= 4 is 5.82 Å². The molecule has 3 rings (SSSR count). The van der Waals surface area contributed by atoms with Gasteiger partial charge in [-0.05, 0) is 12.1 Å². The van der Waals surface area contributed by atoms with E-state index in [-0.39, 0.29) is 5.75 Å². The topological polar surface area (TPSA) is 82.5 Å². The number of nitrogens with two attached hydrogens (primary N) is 1. The largest absolute Gasteiger partial charge is 0.504 e. The van der Waals surface area contributed by atoms with Gasteiger partial charge in [-0.2, -0.15) is 5.10 Å². The van der Waals surface area contributed by atoms with Crippen LogP contribution in [0.5, 0.6) is 17.2 Å². The van der Waals surface area contributed by atoms with Crippen molar-refractivity contribution < 1.29 is 14.6 Å². The van der Waals surface area contributed by atoms with Gasteiger partial charge in [0.25, 0.3) is 0 Å². The average Bonchev–Trinajstić information content (AvgIpc) is 2.64. The molecule has 6 heteroatoms. The van der Waals surface area contributed by atoms with E-state index < -0.39 is 0 Å². The molecule has 0 fully saturated rings. The minimum atomic E-state index is 0.0408. The molecule has 19 heavy (non-hydrogen) atoms. The highest BCUT2D eigenvalue weighted by Gasteiger charge is 2.20. The Morgan fingerprint density at radius 3 is 2.79 bits per heavy atom. The van der Waals surface area contributed by atoms with Gasteiger partial charge < -0.3 is 20.3 Å². The van der Waals surface area contributed by atoms with Gasteiger partial charge in [-0.3, -0.25) is 4.68 Å². The highest BCUT2D eigenvalue weighted by molar-refractivity contribution is 5.81. The van der Waals surface area contributed by atoms with Gasteiger partial charge >= 0.3 is 0 Å². The Morgan fingerprint density at radius 1 is 1.26 bits per heavy atom. The van der Waals surface area contributed by atoms with Crippen LogP contribution in [0.2, 0.25) is 0 Å². The summed E-state index contributed by atoms with van der Waals surface area (Å²) in [6, 6.07) is 3.54. The van der Waals surface area contributed by atoms with E-state index in [1.807, 2.05) is 0 Å². The van der Waals surface area contributed by atoms with Crippen molar-refractivity contribution in [2.75, 3.05) is 18.9 Å². The van der Waals surface area contributed by atoms with Crippen molar-refractivity contribution in [2.45, 2.75) is 6.42 Å². The summed E-state index contributed by atoms with van der Waals surface area (Å²) in [5.74, 6) is 1.46. The number of fused-ring (bicyclic) bond motifs is 1. The molecule has 0 atom stereocenters. The first-order chi connectivity index (χ1) is 9.18. The highest BCUT2D eigenvalue weighted by Crippen LogP contribution is 2.45. The zero-order valence-electron chi connectivity index (χ0n) is 10.6. The maximum atomic E-state index is 10.3. The summed E-state index contributed by atoms with van der Waals surface area (Å²) < 4.78 is 12.6. The predicted molar refractivity (Wildman–Crippen MR) is 70.3 cm³/mol. The lowest BCUT2D eigenvalue weighted by Gasteiger charge is -2.12. The number of nitrogen functional groups attached to an aromatic ring is 1. The second kappa shape index (κ2) is 4.38. The van der Waals surface area contributed by atoms with Crippen molar-refractivity contribution in [3.63, 3.8) is 0 Å². The van der Waals surface area contributed by atoms with Crippen molar-refractivity contribution in [1.82, 2.24) is 9.78 Å². The Hall–Kier alpha value is -2.37. The van der Waals surface area contributed by atoms with Gasteiger partial charge in [-0.25, -0.2) is 0 Å². The summed E-state index contributed by atoms with van der Waals surface area (Å²) in [5, 5.41) is 14.4. The zero-order chi connectivity index (χ0) is 13.4. The fourth-order valence-corrected chi connectivity index (χ4v) is 2.09. The summed E-state index contributed by atoms with van der Waals surface area (Å²) in [6.07, 6.45) is 2.41. The quantitative estimate of drug-likeness (QED) is 0.813. The second-order valence-corrected chi connectivity index (χ2v) is 4.41. The van der Waals surface area contributed by atoms with Crippen LogP contribution >= 0.6 is 0 Å². The summed E-state index contributed by atoms with van der Waals surface area (Å²) >= 11 is 0. The van der Waals surface area contributed by atoms with Crippen molar-refractivity contribution in [3.05, 3.63) is 18.3 Å². The number of hydrogen-bond donors (Lipinski definition) is 2. The van der Waals surface area contributed by atoms with Crippen LogP contribution in [0.3, 0.4) is 0 Å². The molecule has 1 aliphatic heterocycles. The van der Waals surface area contributed by atoms with Gasteiger partial charge in [0.1, 0.15) is 5.82 Å². The summed E-state index contributed by atoms with van der Waals surface area (Å²) in [5.41, 5.74) is 7.20. The van der Waals surface area contributed by atoms with Crippen LogP contribution in [0.4, 0.5) is 5.82 Å². The van der Waals surface area contributed by atoms with E-state index in [2.05, 4.69) is 5.10 Å². The molecule has 2 aromatic rings. The summed E-state index contributed by atoms with van der Waals surface area (Å²) in [6.45, 7) is 1.10. The number of ether oxygens (including phenoxy) is 2. The standard InChI is InChI=1S/C13H15N3O3/c1-16-13(14)9(7-15-16)8-3-4-10-12(11(8)17)19-6-2-5-18-10/h3-4,7,17H,2,5-6,14H2,1H3. The molecular formula is C13H15N3O3. The van der Waals surface area contributed by atoms with Crippen LogP contribution < -0.4 is 15.2 Å². The molecule has 0 bridgehead atoms. The Labute approximate surface area is 110 Å².